The highest BCUT2D eigenvalue weighted by Gasteiger charge is 2.24. The Morgan fingerprint density at radius 2 is 2.24 bits per heavy atom. The molecule has 1 aliphatic carbocycles. The molecule has 1 fully saturated rings. The van der Waals surface area contributed by atoms with Crippen molar-refractivity contribution in [3.8, 4) is 0 Å². The molecule has 3 atom stereocenters. The van der Waals surface area contributed by atoms with Gasteiger partial charge in [-0.15, -0.1) is 0 Å². The largest absolute Gasteiger partial charge is 0.327 e. The van der Waals surface area contributed by atoms with Gasteiger partial charge >= 0.3 is 0 Å². The first-order valence-corrected chi connectivity index (χ1v) is 7.69. The fourth-order valence-corrected chi connectivity index (χ4v) is 3.86. The van der Waals surface area contributed by atoms with Crippen LogP contribution in [0.15, 0.2) is 29.2 Å². The molecule has 17 heavy (non-hydrogen) atoms. The van der Waals surface area contributed by atoms with Gasteiger partial charge < -0.3 is 5.73 Å². The number of rotatable bonds is 4. The Balaban J connectivity index is 1.89. The van der Waals surface area contributed by atoms with Gasteiger partial charge in [-0.3, -0.25) is 4.21 Å². The molecule has 0 bridgehead atoms. The van der Waals surface area contributed by atoms with Crippen LogP contribution in [-0.2, 0) is 10.8 Å². The summed E-state index contributed by atoms with van der Waals surface area (Å²) in [4.78, 5) is 0.955. The maximum atomic E-state index is 12.1. The standard InChI is InChI=1S/C14H21NOS/c1-11-4-2-6-13(10-11)17(16)9-8-12-5-3-7-14(12)15/h2,4,6,10,12,14H,3,5,7-9,15H2,1H3. The fraction of sp³-hybridized carbons (Fsp3) is 0.571. The second-order valence-corrected chi connectivity index (χ2v) is 6.58. The summed E-state index contributed by atoms with van der Waals surface area (Å²) in [5.74, 6) is 1.34. The van der Waals surface area contributed by atoms with Crippen LogP contribution in [0.4, 0.5) is 0 Å². The summed E-state index contributed by atoms with van der Waals surface area (Å²) in [6, 6.07) is 8.32. The smallest absolute Gasteiger partial charge is 0.0529 e. The van der Waals surface area contributed by atoms with E-state index in [1.165, 1.54) is 18.4 Å². The van der Waals surface area contributed by atoms with Gasteiger partial charge in [0.25, 0.3) is 0 Å². The van der Waals surface area contributed by atoms with E-state index in [0.717, 1.165) is 23.5 Å². The van der Waals surface area contributed by atoms with E-state index in [1.54, 1.807) is 0 Å². The van der Waals surface area contributed by atoms with Gasteiger partial charge in [-0.2, -0.15) is 0 Å². The molecule has 1 aromatic carbocycles. The Morgan fingerprint density at radius 1 is 1.41 bits per heavy atom. The zero-order valence-electron chi connectivity index (χ0n) is 10.4. The molecule has 0 amide bonds. The van der Waals surface area contributed by atoms with E-state index < -0.39 is 10.8 Å². The summed E-state index contributed by atoms with van der Waals surface area (Å²) in [5, 5.41) is 0. The fourth-order valence-electron chi connectivity index (χ4n) is 2.56. The minimum Gasteiger partial charge on any atom is -0.327 e. The minimum absolute atomic E-state index is 0.338. The van der Waals surface area contributed by atoms with Gasteiger partial charge in [-0.1, -0.05) is 18.6 Å². The van der Waals surface area contributed by atoms with Gasteiger partial charge in [0.2, 0.25) is 0 Å². The van der Waals surface area contributed by atoms with Crippen molar-refractivity contribution in [2.75, 3.05) is 5.75 Å². The van der Waals surface area contributed by atoms with E-state index in [-0.39, 0.29) is 0 Å². The van der Waals surface area contributed by atoms with Crippen molar-refractivity contribution in [2.24, 2.45) is 11.7 Å². The maximum absolute atomic E-state index is 12.1. The van der Waals surface area contributed by atoms with Gasteiger partial charge in [0.1, 0.15) is 0 Å². The Labute approximate surface area is 106 Å². The van der Waals surface area contributed by atoms with Gasteiger partial charge in [-0.05, 0) is 49.8 Å². The molecular weight excluding hydrogens is 230 g/mol. The molecule has 0 aromatic heterocycles. The molecule has 1 aliphatic rings. The molecule has 1 saturated carbocycles. The van der Waals surface area contributed by atoms with Gasteiger partial charge in [0.05, 0.1) is 10.8 Å². The van der Waals surface area contributed by atoms with E-state index in [9.17, 15) is 4.21 Å². The monoisotopic (exact) mass is 251 g/mol. The minimum atomic E-state index is -0.860. The van der Waals surface area contributed by atoms with E-state index >= 15 is 0 Å². The molecule has 3 heteroatoms. The summed E-state index contributed by atoms with van der Waals surface area (Å²) in [7, 11) is -0.860. The molecular formula is C14H21NOS. The summed E-state index contributed by atoms with van der Waals surface area (Å²) in [6.45, 7) is 2.04. The van der Waals surface area contributed by atoms with Crippen molar-refractivity contribution in [1.29, 1.82) is 0 Å². The van der Waals surface area contributed by atoms with Crippen LogP contribution in [-0.4, -0.2) is 16.0 Å². The zero-order valence-corrected chi connectivity index (χ0v) is 11.2. The third kappa shape index (κ3) is 3.39. The first-order chi connectivity index (χ1) is 8.16. The SMILES string of the molecule is Cc1cccc(S(=O)CCC2CCCC2N)c1. The lowest BCUT2D eigenvalue weighted by Crippen LogP contribution is -2.25. The topological polar surface area (TPSA) is 43.1 Å². The van der Waals surface area contributed by atoms with Crippen LogP contribution >= 0.6 is 0 Å². The molecule has 3 unspecified atom stereocenters. The van der Waals surface area contributed by atoms with Crippen LogP contribution in [0.2, 0.25) is 0 Å². The third-order valence-electron chi connectivity index (χ3n) is 3.64. The molecule has 0 heterocycles. The molecule has 0 spiro atoms. The second kappa shape index (κ2) is 5.78. The van der Waals surface area contributed by atoms with Crippen LogP contribution in [0.5, 0.6) is 0 Å². The van der Waals surface area contributed by atoms with Crippen LogP contribution in [0.1, 0.15) is 31.2 Å². The quantitative estimate of drug-likeness (QED) is 0.894. The predicted octanol–water partition coefficient (Wildman–Crippen LogP) is 2.62. The second-order valence-electron chi connectivity index (χ2n) is 5.01. The lowest BCUT2D eigenvalue weighted by atomic mass is 10.0. The molecule has 2 N–H and O–H groups in total. The van der Waals surface area contributed by atoms with Crippen LogP contribution < -0.4 is 5.73 Å². The summed E-state index contributed by atoms with van der Waals surface area (Å²) >= 11 is 0. The van der Waals surface area contributed by atoms with E-state index in [4.69, 9.17) is 5.73 Å². The van der Waals surface area contributed by atoms with Crippen LogP contribution in [0.3, 0.4) is 0 Å². The Kier molecular flexibility index (Phi) is 4.35. The van der Waals surface area contributed by atoms with Crippen molar-refractivity contribution in [3.63, 3.8) is 0 Å². The highest BCUT2D eigenvalue weighted by molar-refractivity contribution is 7.85. The average Bonchev–Trinajstić information content (AvgIpc) is 2.72. The van der Waals surface area contributed by atoms with Crippen molar-refractivity contribution in [3.05, 3.63) is 29.8 Å². The number of hydrogen-bond acceptors (Lipinski definition) is 2. The van der Waals surface area contributed by atoms with Crippen molar-refractivity contribution in [1.82, 2.24) is 0 Å². The molecule has 0 aliphatic heterocycles. The van der Waals surface area contributed by atoms with Crippen molar-refractivity contribution >= 4 is 10.8 Å². The Bertz CT molecular complexity index is 405. The highest BCUT2D eigenvalue weighted by atomic mass is 32.2. The summed E-state index contributed by atoms with van der Waals surface area (Å²) < 4.78 is 12.1. The molecule has 94 valence electrons. The summed E-state index contributed by atoms with van der Waals surface area (Å²) in [6.07, 6.45) is 4.60. The molecule has 0 radical (unpaired) electrons. The lowest BCUT2D eigenvalue weighted by molar-refractivity contribution is 0.468. The summed E-state index contributed by atoms with van der Waals surface area (Å²) in [5.41, 5.74) is 7.20. The molecule has 2 rings (SSSR count). The van der Waals surface area contributed by atoms with Gasteiger partial charge in [0.15, 0.2) is 0 Å². The lowest BCUT2D eigenvalue weighted by Gasteiger charge is -2.14. The maximum Gasteiger partial charge on any atom is 0.0529 e. The Morgan fingerprint density at radius 3 is 2.88 bits per heavy atom. The van der Waals surface area contributed by atoms with Gasteiger partial charge in [0, 0.05) is 16.7 Å². The molecule has 0 saturated heterocycles. The molecule has 1 aromatic rings. The molecule has 2 nitrogen and oxygen atoms in total. The zero-order chi connectivity index (χ0) is 12.3. The number of hydrogen-bond donors (Lipinski definition) is 1. The van der Waals surface area contributed by atoms with E-state index in [1.807, 2.05) is 31.2 Å². The average molecular weight is 251 g/mol. The van der Waals surface area contributed by atoms with Crippen LogP contribution in [0, 0.1) is 12.8 Å². The number of benzene rings is 1. The van der Waals surface area contributed by atoms with Crippen LogP contribution in [0.25, 0.3) is 0 Å². The van der Waals surface area contributed by atoms with Crippen molar-refractivity contribution < 1.29 is 4.21 Å². The number of nitrogens with two attached hydrogens (primary N) is 1. The predicted molar refractivity (Wildman–Crippen MR) is 72.4 cm³/mol. The normalized spacial score (nSPS) is 26.0. The van der Waals surface area contributed by atoms with Crippen molar-refractivity contribution in [2.45, 2.75) is 43.5 Å². The van der Waals surface area contributed by atoms with E-state index in [2.05, 4.69) is 0 Å². The Hall–Kier alpha value is -0.670. The number of aryl methyl sites for hydroxylation is 1. The highest BCUT2D eigenvalue weighted by Crippen LogP contribution is 2.27. The first-order valence-electron chi connectivity index (χ1n) is 6.37. The first kappa shape index (κ1) is 12.8. The third-order valence-corrected chi connectivity index (χ3v) is 5.03. The van der Waals surface area contributed by atoms with Gasteiger partial charge in [-0.25, -0.2) is 0 Å². The van der Waals surface area contributed by atoms with E-state index in [0.29, 0.717) is 12.0 Å².